The second-order valence-corrected chi connectivity index (χ2v) is 10.2. The number of nitrogens with two attached hydrogens (primary N) is 1. The summed E-state index contributed by atoms with van der Waals surface area (Å²) < 4.78 is 40.3. The third kappa shape index (κ3) is 9.13. The lowest BCUT2D eigenvalue weighted by Crippen LogP contribution is -2.51. The van der Waals surface area contributed by atoms with Crippen molar-refractivity contribution in [2.24, 2.45) is 5.73 Å². The van der Waals surface area contributed by atoms with Crippen molar-refractivity contribution in [2.45, 2.75) is 44.4 Å². The lowest BCUT2D eigenvalue weighted by Gasteiger charge is -2.26. The summed E-state index contributed by atoms with van der Waals surface area (Å²) in [5.41, 5.74) is 6.23. The van der Waals surface area contributed by atoms with Gasteiger partial charge in [-0.05, 0) is 55.0 Å². The van der Waals surface area contributed by atoms with Crippen LogP contribution in [0.5, 0.6) is 0 Å². The van der Waals surface area contributed by atoms with E-state index >= 15 is 0 Å². The van der Waals surface area contributed by atoms with E-state index in [1.807, 2.05) is 31.2 Å². The molecule has 3 amide bonds. The van der Waals surface area contributed by atoms with E-state index in [2.05, 4.69) is 15.6 Å². The molecule has 0 fully saturated rings. The summed E-state index contributed by atoms with van der Waals surface area (Å²) in [6, 6.07) is 11.2. The Balaban J connectivity index is 1.81. The largest absolute Gasteiger partial charge is 0.416 e. The van der Waals surface area contributed by atoms with Crippen molar-refractivity contribution >= 4 is 46.1 Å². The van der Waals surface area contributed by atoms with Crippen LogP contribution < -0.4 is 16.4 Å². The third-order valence-electron chi connectivity index (χ3n) is 6.71. The fourth-order valence-electron chi connectivity index (χ4n) is 4.42. The van der Waals surface area contributed by atoms with Crippen LogP contribution in [0.1, 0.15) is 30.9 Å². The van der Waals surface area contributed by atoms with E-state index in [-0.39, 0.29) is 25.2 Å². The summed E-state index contributed by atoms with van der Waals surface area (Å²) >= 11 is 6.18. The number of hydrogen-bond donors (Lipinski definition) is 3. The van der Waals surface area contributed by atoms with Crippen LogP contribution in [0.2, 0.25) is 0 Å². The second kappa shape index (κ2) is 14.9. The Hall–Kier alpha value is -3.74. The van der Waals surface area contributed by atoms with Gasteiger partial charge in [0.15, 0.2) is 0 Å². The molecule has 0 aliphatic rings. The molecule has 0 saturated heterocycles. The van der Waals surface area contributed by atoms with Gasteiger partial charge in [0.2, 0.25) is 17.7 Å². The number of likely N-dealkylation sites (N-methyl/N-ethyl adjacent to an activating group) is 2. The van der Waals surface area contributed by atoms with E-state index in [4.69, 9.17) is 17.5 Å². The quantitative estimate of drug-likeness (QED) is 0.253. The molecule has 0 radical (unpaired) electrons. The van der Waals surface area contributed by atoms with E-state index < -0.39 is 35.6 Å². The summed E-state index contributed by atoms with van der Waals surface area (Å²) in [6.07, 6.45) is -3.07. The van der Waals surface area contributed by atoms with E-state index in [9.17, 15) is 27.6 Å². The molecule has 0 aliphatic carbocycles. The van der Waals surface area contributed by atoms with Crippen LogP contribution in [-0.2, 0) is 27.0 Å². The van der Waals surface area contributed by atoms with Crippen molar-refractivity contribution in [3.05, 3.63) is 71.9 Å². The number of carbonyl (C=O) groups excluding carboxylic acids is 3. The Bertz CT molecular complexity index is 1370. The number of nitrogens with zero attached hydrogens (tertiary/aromatic N) is 3. The Labute approximate surface area is 247 Å². The molecule has 4 N–H and O–H groups in total. The van der Waals surface area contributed by atoms with Gasteiger partial charge in [-0.2, -0.15) is 13.2 Å². The number of para-hydroxylation sites is 1. The highest BCUT2D eigenvalue weighted by atomic mass is 35.5. The second-order valence-electron chi connectivity index (χ2n) is 9.71. The molecule has 13 heteroatoms. The zero-order valence-corrected chi connectivity index (χ0v) is 24.1. The first kappa shape index (κ1) is 32.8. The maximum Gasteiger partial charge on any atom is 0.416 e. The number of benzene rings is 2. The molecule has 0 aliphatic heterocycles. The highest BCUT2D eigenvalue weighted by molar-refractivity contribution is 6.15. The van der Waals surface area contributed by atoms with Crippen LogP contribution in [0, 0.1) is 0 Å². The van der Waals surface area contributed by atoms with Gasteiger partial charge in [-0.25, -0.2) is 4.42 Å². The molecule has 2 atom stereocenters. The maximum atomic E-state index is 13.4. The number of carbonyl (C=O) groups is 3. The first-order chi connectivity index (χ1) is 19.9. The molecule has 9 nitrogen and oxygen atoms in total. The van der Waals surface area contributed by atoms with Crippen LogP contribution in [0.3, 0.4) is 0 Å². The van der Waals surface area contributed by atoms with Gasteiger partial charge in [0.1, 0.15) is 12.1 Å². The van der Waals surface area contributed by atoms with Crippen LogP contribution in [0.25, 0.3) is 10.9 Å². The van der Waals surface area contributed by atoms with Gasteiger partial charge in [0, 0.05) is 44.9 Å². The summed E-state index contributed by atoms with van der Waals surface area (Å²) in [6.45, 7) is 2.96. The number of anilines is 1. The minimum Gasteiger partial charge on any atom is -0.343 e. The highest BCUT2D eigenvalue weighted by Gasteiger charge is 2.31. The van der Waals surface area contributed by atoms with Crippen molar-refractivity contribution in [3.8, 4) is 0 Å². The Morgan fingerprint density at radius 2 is 1.76 bits per heavy atom. The monoisotopic (exact) mass is 606 g/mol. The number of alkyl halides is 3. The van der Waals surface area contributed by atoms with Crippen molar-refractivity contribution in [1.82, 2.24) is 19.6 Å². The van der Waals surface area contributed by atoms with Crippen molar-refractivity contribution < 1.29 is 27.6 Å². The van der Waals surface area contributed by atoms with Gasteiger partial charge in [0.05, 0.1) is 23.0 Å². The topological polar surface area (TPSA) is 121 Å². The molecule has 42 heavy (non-hydrogen) atoms. The van der Waals surface area contributed by atoms with Crippen molar-refractivity contribution in [2.75, 3.05) is 32.0 Å². The van der Waals surface area contributed by atoms with E-state index in [1.165, 1.54) is 25.4 Å². The Morgan fingerprint density at radius 1 is 1.07 bits per heavy atom. The zero-order valence-electron chi connectivity index (χ0n) is 23.3. The number of nitrogens with one attached hydrogen (secondary N) is 2. The molecule has 0 saturated carbocycles. The highest BCUT2D eigenvalue weighted by Crippen LogP contribution is 2.29. The van der Waals surface area contributed by atoms with Crippen LogP contribution >= 0.6 is 11.8 Å². The average molecular weight is 607 g/mol. The molecule has 0 bridgehead atoms. The van der Waals surface area contributed by atoms with Gasteiger partial charge < -0.3 is 21.3 Å². The summed E-state index contributed by atoms with van der Waals surface area (Å²) in [5, 5.41) is 6.19. The summed E-state index contributed by atoms with van der Waals surface area (Å²) in [5.74, 6) is -1.42. The molecular formula is C29H34ClF3N6O3. The molecule has 226 valence electrons. The molecule has 1 aromatic heterocycles. The van der Waals surface area contributed by atoms with E-state index in [0.717, 1.165) is 27.5 Å². The smallest absolute Gasteiger partial charge is 0.343 e. The molecule has 1 heterocycles. The molecule has 2 aromatic carbocycles. The number of amides is 3. The first-order valence-electron chi connectivity index (χ1n) is 13.4. The number of rotatable bonds is 13. The van der Waals surface area contributed by atoms with Crippen LogP contribution in [0.4, 0.5) is 18.9 Å². The predicted molar refractivity (Wildman–Crippen MR) is 155 cm³/mol. The minimum absolute atomic E-state index is 0.0154. The molecule has 0 spiro atoms. The normalized spacial score (nSPS) is 13.0. The van der Waals surface area contributed by atoms with E-state index in [0.29, 0.717) is 30.9 Å². The number of pyridine rings is 1. The minimum atomic E-state index is -4.51. The van der Waals surface area contributed by atoms with Gasteiger partial charge in [-0.1, -0.05) is 30.3 Å². The van der Waals surface area contributed by atoms with Crippen LogP contribution in [0.15, 0.2) is 60.8 Å². The Morgan fingerprint density at radius 3 is 2.38 bits per heavy atom. The molecule has 3 aromatic rings. The van der Waals surface area contributed by atoms with Gasteiger partial charge >= 0.3 is 6.18 Å². The lowest BCUT2D eigenvalue weighted by molar-refractivity contribution is -0.137. The average Bonchev–Trinajstić information content (AvgIpc) is 2.95. The van der Waals surface area contributed by atoms with Crippen molar-refractivity contribution in [1.29, 1.82) is 0 Å². The lowest BCUT2D eigenvalue weighted by atomic mass is 10.0. The van der Waals surface area contributed by atoms with Gasteiger partial charge in [0.25, 0.3) is 0 Å². The maximum absolute atomic E-state index is 13.4. The van der Waals surface area contributed by atoms with Gasteiger partial charge in [-0.3, -0.25) is 19.4 Å². The fraction of sp³-hybridized carbons (Fsp3) is 0.379. The van der Waals surface area contributed by atoms with Crippen LogP contribution in [-0.4, -0.2) is 70.8 Å². The van der Waals surface area contributed by atoms with Crippen molar-refractivity contribution in [3.63, 3.8) is 0 Å². The molecule has 3 rings (SSSR count). The third-order valence-corrected chi connectivity index (χ3v) is 6.94. The molecule has 0 unspecified atom stereocenters. The van der Waals surface area contributed by atoms with E-state index in [1.54, 1.807) is 11.0 Å². The Kier molecular flexibility index (Phi) is 11.7. The number of fused-ring (bicyclic) bond motifs is 1. The fourth-order valence-corrected chi connectivity index (χ4v) is 4.60. The summed E-state index contributed by atoms with van der Waals surface area (Å²) in [4.78, 5) is 45.3. The number of halogens is 4. The number of hydrogen-bond acceptors (Lipinski definition) is 6. The summed E-state index contributed by atoms with van der Waals surface area (Å²) in [7, 11) is 1.46. The standard InChI is InChI=1S/C29H34ClF3N6O3/c1-3-39(15-14-34)26(40)13-12-25(38(2)30)28(42)37-24(16-19-8-10-21(11-9-19)29(31,32)33)27(41)36-22-17-20-6-4-5-7-23(20)35-18-22/h4-11,17-18,24-25H,3,12-16,34H2,1-2H3,(H,36,41)(H,37,42)/t24-,25+/m1/s1. The SMILES string of the molecule is CCN(CCN)C(=O)CC[C@@H](C(=O)N[C@H](Cc1ccc(C(F)(F)F)cc1)C(=O)Nc1cnc2ccccc2c1)N(C)Cl. The first-order valence-corrected chi connectivity index (χ1v) is 13.7. The zero-order chi connectivity index (χ0) is 30.9. The van der Waals surface area contributed by atoms with Gasteiger partial charge in [-0.15, -0.1) is 0 Å². The number of aromatic nitrogens is 1. The molecular weight excluding hydrogens is 573 g/mol. The predicted octanol–water partition coefficient (Wildman–Crippen LogP) is 3.96.